The zero-order valence-electron chi connectivity index (χ0n) is 20.0. The molecule has 194 valence electrons. The Morgan fingerprint density at radius 1 is 0.917 bits per heavy atom. The molecule has 6 nitrogen and oxygen atoms in total. The van der Waals surface area contributed by atoms with E-state index in [1.807, 2.05) is 0 Å². The summed E-state index contributed by atoms with van der Waals surface area (Å²) in [6.45, 7) is 5.35. The molecule has 36 heavy (non-hydrogen) atoms. The summed E-state index contributed by atoms with van der Waals surface area (Å²) in [5, 5.41) is 9.64. The SMILES string of the molecule is CCOC(O)COc1ccc(S(=O)(=O)c2ccc(OCc3ccc(C(F)(F)F)cc3)cc2C)cc1C. The molecule has 0 saturated heterocycles. The van der Waals surface area contributed by atoms with Gasteiger partial charge in [0, 0.05) is 6.61 Å². The first-order valence-corrected chi connectivity index (χ1v) is 12.6. The van der Waals surface area contributed by atoms with Crippen molar-refractivity contribution in [1.29, 1.82) is 0 Å². The van der Waals surface area contributed by atoms with Gasteiger partial charge in [0.25, 0.3) is 0 Å². The van der Waals surface area contributed by atoms with E-state index < -0.39 is 27.9 Å². The summed E-state index contributed by atoms with van der Waals surface area (Å²) in [6.07, 6.45) is -5.49. The van der Waals surface area contributed by atoms with Crippen LogP contribution in [0.3, 0.4) is 0 Å². The second-order valence-corrected chi connectivity index (χ2v) is 9.98. The Bertz CT molecular complexity index is 1290. The predicted molar refractivity (Wildman–Crippen MR) is 127 cm³/mol. The zero-order chi connectivity index (χ0) is 26.5. The maximum Gasteiger partial charge on any atom is 0.416 e. The Hall–Kier alpha value is -3.08. The van der Waals surface area contributed by atoms with Crippen molar-refractivity contribution < 1.29 is 40.9 Å². The van der Waals surface area contributed by atoms with E-state index in [0.29, 0.717) is 34.8 Å². The van der Waals surface area contributed by atoms with Crippen LogP contribution < -0.4 is 9.47 Å². The number of aliphatic hydroxyl groups excluding tert-OH is 1. The van der Waals surface area contributed by atoms with E-state index >= 15 is 0 Å². The van der Waals surface area contributed by atoms with Crippen molar-refractivity contribution in [3.8, 4) is 11.5 Å². The first-order valence-electron chi connectivity index (χ1n) is 11.1. The number of aliphatic hydroxyl groups is 1. The van der Waals surface area contributed by atoms with Gasteiger partial charge in [-0.25, -0.2) is 8.42 Å². The van der Waals surface area contributed by atoms with Crippen molar-refractivity contribution >= 4 is 9.84 Å². The molecule has 10 heteroatoms. The molecular formula is C26H27F3O6S. The van der Waals surface area contributed by atoms with Crippen LogP contribution in [-0.4, -0.2) is 33.0 Å². The molecule has 0 aliphatic rings. The molecule has 0 aromatic heterocycles. The summed E-state index contributed by atoms with van der Waals surface area (Å²) in [7, 11) is -3.84. The lowest BCUT2D eigenvalue weighted by Gasteiger charge is -2.15. The minimum Gasteiger partial charge on any atom is -0.489 e. The zero-order valence-corrected chi connectivity index (χ0v) is 20.8. The Kier molecular flexibility index (Phi) is 8.65. The van der Waals surface area contributed by atoms with Crippen LogP contribution in [0.5, 0.6) is 11.5 Å². The molecule has 3 aromatic carbocycles. The smallest absolute Gasteiger partial charge is 0.416 e. The summed E-state index contributed by atoms with van der Waals surface area (Å²) in [4.78, 5) is 0.184. The fourth-order valence-corrected chi connectivity index (χ4v) is 5.01. The Morgan fingerprint density at radius 2 is 1.61 bits per heavy atom. The molecule has 1 unspecified atom stereocenters. The van der Waals surface area contributed by atoms with Gasteiger partial charge in [-0.15, -0.1) is 0 Å². The summed E-state index contributed by atoms with van der Waals surface area (Å²) < 4.78 is 80.7. The summed E-state index contributed by atoms with van der Waals surface area (Å²) in [6, 6.07) is 13.6. The van der Waals surface area contributed by atoms with Gasteiger partial charge in [-0.3, -0.25) is 0 Å². The molecule has 0 spiro atoms. The molecule has 0 fully saturated rings. The van der Waals surface area contributed by atoms with Crippen LogP contribution in [-0.2, 0) is 27.4 Å². The Labute approximate surface area is 208 Å². The van der Waals surface area contributed by atoms with Crippen LogP contribution in [0.4, 0.5) is 13.2 Å². The average Bonchev–Trinajstić information content (AvgIpc) is 2.81. The van der Waals surface area contributed by atoms with Crippen molar-refractivity contribution in [1.82, 2.24) is 0 Å². The molecule has 0 saturated carbocycles. The second-order valence-electron chi connectivity index (χ2n) is 8.06. The third-order valence-corrected chi connectivity index (χ3v) is 7.23. The number of sulfone groups is 1. The number of halogens is 3. The van der Waals surface area contributed by atoms with E-state index in [2.05, 4.69) is 0 Å². The topological polar surface area (TPSA) is 82.1 Å². The molecular weight excluding hydrogens is 497 g/mol. The number of ether oxygens (including phenoxy) is 3. The molecule has 0 aliphatic carbocycles. The molecule has 0 bridgehead atoms. The van der Waals surface area contributed by atoms with Gasteiger partial charge in [-0.2, -0.15) is 13.2 Å². The average molecular weight is 525 g/mol. The first kappa shape index (κ1) is 27.5. The minimum absolute atomic E-state index is 0.0301. The lowest BCUT2D eigenvalue weighted by atomic mass is 10.1. The fourth-order valence-electron chi connectivity index (χ4n) is 3.45. The third-order valence-electron chi connectivity index (χ3n) is 5.32. The number of aryl methyl sites for hydroxylation is 2. The number of alkyl halides is 3. The van der Waals surface area contributed by atoms with Gasteiger partial charge in [0.2, 0.25) is 9.84 Å². The predicted octanol–water partition coefficient (Wildman–Crippen LogP) is 5.47. The monoisotopic (exact) mass is 524 g/mol. The number of benzene rings is 3. The van der Waals surface area contributed by atoms with E-state index in [-0.39, 0.29) is 23.0 Å². The van der Waals surface area contributed by atoms with Gasteiger partial charge in [-0.1, -0.05) is 12.1 Å². The van der Waals surface area contributed by atoms with Gasteiger partial charge < -0.3 is 19.3 Å². The van der Waals surface area contributed by atoms with Crippen LogP contribution in [0.1, 0.15) is 29.2 Å². The van der Waals surface area contributed by atoms with Crippen LogP contribution in [0.25, 0.3) is 0 Å². The molecule has 0 heterocycles. The van der Waals surface area contributed by atoms with Crippen LogP contribution in [0.2, 0.25) is 0 Å². The quantitative estimate of drug-likeness (QED) is 0.355. The molecule has 3 rings (SSSR count). The second kappa shape index (κ2) is 11.3. The van der Waals surface area contributed by atoms with E-state index in [1.54, 1.807) is 26.8 Å². The van der Waals surface area contributed by atoms with Crippen LogP contribution in [0.15, 0.2) is 70.5 Å². The van der Waals surface area contributed by atoms with Gasteiger partial charge in [-0.05, 0) is 86.0 Å². The normalized spacial score (nSPS) is 12.9. The molecule has 1 N–H and O–H groups in total. The summed E-state index contributed by atoms with van der Waals surface area (Å²) in [5.41, 5.74) is 0.838. The summed E-state index contributed by atoms with van der Waals surface area (Å²) in [5.74, 6) is 0.815. The number of rotatable bonds is 10. The maximum absolute atomic E-state index is 13.2. The highest BCUT2D eigenvalue weighted by Gasteiger charge is 2.30. The Morgan fingerprint density at radius 3 is 2.19 bits per heavy atom. The number of hydrogen-bond donors (Lipinski definition) is 1. The van der Waals surface area contributed by atoms with Crippen molar-refractivity contribution in [2.45, 2.75) is 49.6 Å². The molecule has 0 aliphatic heterocycles. The minimum atomic E-state index is -4.41. The molecule has 0 amide bonds. The highest BCUT2D eigenvalue weighted by atomic mass is 32.2. The molecule has 3 aromatic rings. The standard InChI is InChI=1S/C26H27F3O6S/c1-4-33-25(30)16-35-23-11-10-22(14-17(23)2)36(31,32)24-12-9-21(13-18(24)3)34-15-19-5-7-20(8-6-19)26(27,28)29/h5-14,25,30H,4,15-16H2,1-3H3. The Balaban J connectivity index is 1.71. The largest absolute Gasteiger partial charge is 0.489 e. The van der Waals surface area contributed by atoms with Crippen molar-refractivity contribution in [3.63, 3.8) is 0 Å². The van der Waals surface area contributed by atoms with Crippen LogP contribution in [0, 0.1) is 13.8 Å². The summed E-state index contributed by atoms with van der Waals surface area (Å²) >= 11 is 0. The highest BCUT2D eigenvalue weighted by molar-refractivity contribution is 7.91. The van der Waals surface area contributed by atoms with Crippen molar-refractivity contribution in [3.05, 3.63) is 82.9 Å². The number of hydrogen-bond acceptors (Lipinski definition) is 6. The van der Waals surface area contributed by atoms with Crippen molar-refractivity contribution in [2.75, 3.05) is 13.2 Å². The third kappa shape index (κ3) is 6.77. The lowest BCUT2D eigenvalue weighted by Crippen LogP contribution is -2.21. The van der Waals surface area contributed by atoms with Crippen molar-refractivity contribution in [2.24, 2.45) is 0 Å². The molecule has 1 atom stereocenters. The van der Waals surface area contributed by atoms with E-state index in [1.165, 1.54) is 42.5 Å². The maximum atomic E-state index is 13.2. The molecule has 0 radical (unpaired) electrons. The highest BCUT2D eigenvalue weighted by Crippen LogP contribution is 2.31. The van der Waals surface area contributed by atoms with E-state index in [0.717, 1.165) is 12.1 Å². The van der Waals surface area contributed by atoms with Gasteiger partial charge in [0.1, 0.15) is 24.7 Å². The van der Waals surface area contributed by atoms with E-state index in [9.17, 15) is 26.7 Å². The van der Waals surface area contributed by atoms with Gasteiger partial charge >= 0.3 is 6.18 Å². The lowest BCUT2D eigenvalue weighted by molar-refractivity contribution is -0.137. The van der Waals surface area contributed by atoms with Gasteiger partial charge in [0.15, 0.2) is 6.29 Å². The first-order chi connectivity index (χ1) is 16.9. The van der Waals surface area contributed by atoms with Crippen LogP contribution >= 0.6 is 0 Å². The van der Waals surface area contributed by atoms with Gasteiger partial charge in [0.05, 0.1) is 15.4 Å². The van der Waals surface area contributed by atoms with E-state index in [4.69, 9.17) is 14.2 Å². The fraction of sp³-hybridized carbons (Fsp3) is 0.308.